The van der Waals surface area contributed by atoms with Gasteiger partial charge in [0.05, 0.1) is 0 Å². The van der Waals surface area contributed by atoms with Gasteiger partial charge in [0.15, 0.2) is 0 Å². The minimum Gasteiger partial charge on any atom is -0.439 e. The molecule has 2 N–H and O–H groups in total. The molecule has 1 saturated heterocycles. The van der Waals surface area contributed by atoms with E-state index in [9.17, 15) is 9.18 Å². The van der Waals surface area contributed by atoms with Gasteiger partial charge in [-0.2, -0.15) is 4.98 Å². The zero-order chi connectivity index (χ0) is 15.4. The SMILES string of the molecule is O=C1CCC(Nc2nccc(Oc3ccc(F)cc3)n2)CN1. The third-order valence-electron chi connectivity index (χ3n) is 3.26. The van der Waals surface area contributed by atoms with Crippen molar-refractivity contribution in [1.82, 2.24) is 15.3 Å². The van der Waals surface area contributed by atoms with Crippen LogP contribution >= 0.6 is 0 Å². The Kier molecular flexibility index (Phi) is 4.13. The maximum Gasteiger partial charge on any atom is 0.226 e. The lowest BCUT2D eigenvalue weighted by atomic mass is 10.1. The van der Waals surface area contributed by atoms with E-state index in [-0.39, 0.29) is 17.8 Å². The monoisotopic (exact) mass is 302 g/mol. The van der Waals surface area contributed by atoms with Crippen molar-refractivity contribution in [1.29, 1.82) is 0 Å². The van der Waals surface area contributed by atoms with E-state index in [0.717, 1.165) is 6.42 Å². The maximum absolute atomic E-state index is 12.9. The Morgan fingerprint density at radius 3 is 2.82 bits per heavy atom. The number of aromatic nitrogens is 2. The average molecular weight is 302 g/mol. The molecule has 2 heterocycles. The highest BCUT2D eigenvalue weighted by atomic mass is 19.1. The van der Waals surface area contributed by atoms with Gasteiger partial charge in [-0.05, 0) is 30.7 Å². The predicted octanol–water partition coefficient (Wildman–Crippen LogP) is 2.10. The van der Waals surface area contributed by atoms with E-state index in [1.165, 1.54) is 24.3 Å². The van der Waals surface area contributed by atoms with Gasteiger partial charge in [-0.1, -0.05) is 0 Å². The minimum absolute atomic E-state index is 0.0624. The molecule has 2 aromatic rings. The fraction of sp³-hybridized carbons (Fsp3) is 0.267. The van der Waals surface area contributed by atoms with E-state index in [0.29, 0.717) is 30.5 Å². The molecule has 114 valence electrons. The Balaban J connectivity index is 1.64. The molecule has 0 aliphatic carbocycles. The van der Waals surface area contributed by atoms with Crippen LogP contribution in [0.3, 0.4) is 0 Å². The lowest BCUT2D eigenvalue weighted by Crippen LogP contribution is -2.42. The molecule has 0 bridgehead atoms. The molecule has 1 aliphatic rings. The third kappa shape index (κ3) is 3.69. The molecule has 1 aromatic carbocycles. The van der Waals surface area contributed by atoms with Crippen molar-refractivity contribution in [2.24, 2.45) is 0 Å². The summed E-state index contributed by atoms with van der Waals surface area (Å²) in [5, 5.41) is 5.95. The summed E-state index contributed by atoms with van der Waals surface area (Å²) in [6, 6.07) is 7.42. The van der Waals surface area contributed by atoms with Crippen LogP contribution in [0.25, 0.3) is 0 Å². The summed E-state index contributed by atoms with van der Waals surface area (Å²) in [5.41, 5.74) is 0. The standard InChI is InChI=1S/C15H15FN4O2/c16-10-1-4-12(5-2-10)22-14-7-8-17-15(20-14)19-11-3-6-13(21)18-9-11/h1-2,4-5,7-8,11H,3,6,9H2,(H,18,21)(H,17,19,20). The second-order valence-electron chi connectivity index (χ2n) is 4.96. The molecule has 0 radical (unpaired) electrons. The molecule has 3 rings (SSSR count). The first kappa shape index (κ1) is 14.2. The second kappa shape index (κ2) is 6.38. The highest BCUT2D eigenvalue weighted by molar-refractivity contribution is 5.76. The molecular formula is C15H15FN4O2. The molecule has 1 amide bonds. The molecule has 6 nitrogen and oxygen atoms in total. The summed E-state index contributed by atoms with van der Waals surface area (Å²) < 4.78 is 18.4. The van der Waals surface area contributed by atoms with Crippen LogP contribution in [0.5, 0.6) is 11.6 Å². The van der Waals surface area contributed by atoms with Crippen LogP contribution in [0.1, 0.15) is 12.8 Å². The van der Waals surface area contributed by atoms with Gasteiger partial charge in [-0.15, -0.1) is 0 Å². The number of nitrogens with one attached hydrogen (secondary N) is 2. The third-order valence-corrected chi connectivity index (χ3v) is 3.26. The van der Waals surface area contributed by atoms with Gasteiger partial charge in [-0.3, -0.25) is 4.79 Å². The highest BCUT2D eigenvalue weighted by Gasteiger charge is 2.18. The zero-order valence-electron chi connectivity index (χ0n) is 11.8. The summed E-state index contributed by atoms with van der Waals surface area (Å²) >= 11 is 0. The van der Waals surface area contributed by atoms with Crippen molar-refractivity contribution in [2.45, 2.75) is 18.9 Å². The van der Waals surface area contributed by atoms with Crippen molar-refractivity contribution in [3.63, 3.8) is 0 Å². The molecule has 0 spiro atoms. The molecule has 22 heavy (non-hydrogen) atoms. The molecule has 1 unspecified atom stereocenters. The fourth-order valence-electron chi connectivity index (χ4n) is 2.13. The average Bonchev–Trinajstić information content (AvgIpc) is 2.52. The normalized spacial score (nSPS) is 17.7. The number of carbonyl (C=O) groups is 1. The largest absolute Gasteiger partial charge is 0.439 e. The fourth-order valence-corrected chi connectivity index (χ4v) is 2.13. The molecule has 1 fully saturated rings. The van der Waals surface area contributed by atoms with Crippen LogP contribution < -0.4 is 15.4 Å². The molecule has 1 atom stereocenters. The van der Waals surface area contributed by atoms with Gasteiger partial charge >= 0.3 is 0 Å². The number of carbonyl (C=O) groups excluding carboxylic acids is 1. The Morgan fingerprint density at radius 2 is 2.09 bits per heavy atom. The first-order chi connectivity index (χ1) is 10.7. The Hall–Kier alpha value is -2.70. The number of benzene rings is 1. The lowest BCUT2D eigenvalue weighted by Gasteiger charge is -2.23. The number of hydrogen-bond acceptors (Lipinski definition) is 5. The summed E-state index contributed by atoms with van der Waals surface area (Å²) in [7, 11) is 0. The lowest BCUT2D eigenvalue weighted by molar-refractivity contribution is -0.122. The van der Waals surface area contributed by atoms with E-state index >= 15 is 0 Å². The van der Waals surface area contributed by atoms with E-state index in [1.807, 2.05) is 0 Å². The van der Waals surface area contributed by atoms with Crippen LogP contribution in [0.2, 0.25) is 0 Å². The summed E-state index contributed by atoms with van der Waals surface area (Å²) in [6.07, 6.45) is 2.80. The van der Waals surface area contributed by atoms with Gasteiger partial charge in [0, 0.05) is 31.3 Å². The van der Waals surface area contributed by atoms with Crippen molar-refractivity contribution in [2.75, 3.05) is 11.9 Å². The molecule has 7 heteroatoms. The van der Waals surface area contributed by atoms with Crippen LogP contribution in [-0.4, -0.2) is 28.5 Å². The van der Waals surface area contributed by atoms with Crippen LogP contribution in [0.4, 0.5) is 10.3 Å². The van der Waals surface area contributed by atoms with E-state index in [2.05, 4.69) is 20.6 Å². The predicted molar refractivity (Wildman–Crippen MR) is 78.2 cm³/mol. The first-order valence-corrected chi connectivity index (χ1v) is 6.99. The highest BCUT2D eigenvalue weighted by Crippen LogP contribution is 2.20. The second-order valence-corrected chi connectivity index (χ2v) is 4.96. The van der Waals surface area contributed by atoms with Crippen molar-refractivity contribution in [3.05, 3.63) is 42.3 Å². The van der Waals surface area contributed by atoms with E-state index < -0.39 is 0 Å². The number of amides is 1. The van der Waals surface area contributed by atoms with Crippen molar-refractivity contribution < 1.29 is 13.9 Å². The van der Waals surface area contributed by atoms with Crippen molar-refractivity contribution in [3.8, 4) is 11.6 Å². The molecule has 0 saturated carbocycles. The Labute approximate surface area is 126 Å². The molecule has 1 aromatic heterocycles. The van der Waals surface area contributed by atoms with Gasteiger partial charge < -0.3 is 15.4 Å². The Morgan fingerprint density at radius 1 is 1.27 bits per heavy atom. The number of rotatable bonds is 4. The Bertz CT molecular complexity index is 653. The zero-order valence-corrected chi connectivity index (χ0v) is 11.8. The summed E-state index contributed by atoms with van der Waals surface area (Å²) in [4.78, 5) is 19.5. The summed E-state index contributed by atoms with van der Waals surface area (Å²) in [5.74, 6) is 1.03. The quantitative estimate of drug-likeness (QED) is 0.904. The van der Waals surface area contributed by atoms with Crippen LogP contribution in [-0.2, 0) is 4.79 Å². The number of piperidine rings is 1. The number of anilines is 1. The maximum atomic E-state index is 12.9. The topological polar surface area (TPSA) is 76.1 Å². The number of halogens is 1. The minimum atomic E-state index is -0.322. The van der Waals surface area contributed by atoms with Gasteiger partial charge in [0.25, 0.3) is 0 Å². The molecular weight excluding hydrogens is 287 g/mol. The molecule has 1 aliphatic heterocycles. The number of ether oxygens (including phenoxy) is 1. The first-order valence-electron chi connectivity index (χ1n) is 6.99. The van der Waals surface area contributed by atoms with Crippen LogP contribution in [0.15, 0.2) is 36.5 Å². The van der Waals surface area contributed by atoms with Gasteiger partial charge in [0.2, 0.25) is 17.7 Å². The van der Waals surface area contributed by atoms with Crippen molar-refractivity contribution >= 4 is 11.9 Å². The van der Waals surface area contributed by atoms with E-state index in [1.54, 1.807) is 12.3 Å². The number of nitrogens with zero attached hydrogens (tertiary/aromatic N) is 2. The van der Waals surface area contributed by atoms with E-state index in [4.69, 9.17) is 4.74 Å². The number of hydrogen-bond donors (Lipinski definition) is 2. The summed E-state index contributed by atoms with van der Waals surface area (Å²) in [6.45, 7) is 0.547. The smallest absolute Gasteiger partial charge is 0.226 e. The van der Waals surface area contributed by atoms with Gasteiger partial charge in [-0.25, -0.2) is 9.37 Å². The van der Waals surface area contributed by atoms with Crippen LogP contribution in [0, 0.1) is 5.82 Å². The van der Waals surface area contributed by atoms with Gasteiger partial charge in [0.1, 0.15) is 11.6 Å².